The van der Waals surface area contributed by atoms with Crippen molar-refractivity contribution in [1.29, 1.82) is 0 Å². The summed E-state index contributed by atoms with van der Waals surface area (Å²) in [6.07, 6.45) is 10.5. The maximum absolute atomic E-state index is 12.6. The topological polar surface area (TPSA) is 66.4 Å². The summed E-state index contributed by atoms with van der Waals surface area (Å²) in [4.78, 5) is 23.9. The van der Waals surface area contributed by atoms with Gasteiger partial charge in [0.2, 0.25) is 5.91 Å². The Kier molecular flexibility index (Phi) is 6.07. The molecule has 2 fully saturated rings. The van der Waals surface area contributed by atoms with E-state index in [2.05, 4.69) is 12.2 Å². The van der Waals surface area contributed by atoms with Crippen molar-refractivity contribution in [2.45, 2.75) is 77.2 Å². The van der Waals surface area contributed by atoms with Crippen LogP contribution in [0.5, 0.6) is 0 Å². The van der Waals surface area contributed by atoms with Gasteiger partial charge in [0.1, 0.15) is 0 Å². The van der Waals surface area contributed by atoms with Crippen molar-refractivity contribution < 1.29 is 14.7 Å². The lowest BCUT2D eigenvalue weighted by molar-refractivity contribution is -0.149. The van der Waals surface area contributed by atoms with E-state index in [1.807, 2.05) is 0 Å². The molecule has 2 aliphatic carbocycles. The molecule has 2 rings (SSSR count). The summed E-state index contributed by atoms with van der Waals surface area (Å²) in [5, 5.41) is 12.5. The van der Waals surface area contributed by atoms with Gasteiger partial charge in [-0.15, -0.1) is 0 Å². The average Bonchev–Trinajstić information content (AvgIpc) is 2.53. The molecule has 4 heteroatoms. The van der Waals surface area contributed by atoms with Crippen molar-refractivity contribution in [1.82, 2.24) is 5.32 Å². The Balaban J connectivity index is 1.95. The molecule has 2 saturated carbocycles. The zero-order valence-corrected chi connectivity index (χ0v) is 13.1. The number of carboxylic acids is 1. The van der Waals surface area contributed by atoms with E-state index in [0.717, 1.165) is 25.7 Å². The first-order valence-corrected chi connectivity index (χ1v) is 8.66. The molecule has 21 heavy (non-hydrogen) atoms. The van der Waals surface area contributed by atoms with E-state index >= 15 is 0 Å². The molecule has 0 aromatic rings. The first kappa shape index (κ1) is 16.3. The lowest BCUT2D eigenvalue weighted by Gasteiger charge is -2.33. The number of carboxylic acid groups (broad SMARTS) is 1. The van der Waals surface area contributed by atoms with E-state index in [-0.39, 0.29) is 17.9 Å². The highest BCUT2D eigenvalue weighted by atomic mass is 16.4. The summed E-state index contributed by atoms with van der Waals surface area (Å²) in [6.45, 7) is 2.12. The van der Waals surface area contributed by atoms with Crippen LogP contribution in [0.4, 0.5) is 0 Å². The standard InChI is InChI=1S/C17H29NO3/c1-2-15(12-8-4-3-5-9-12)18-16(19)13-10-6-7-11-14(13)17(20)21/h12-15H,2-11H2,1H3,(H,18,19)(H,20,21). The van der Waals surface area contributed by atoms with E-state index in [0.29, 0.717) is 12.3 Å². The Labute approximate surface area is 127 Å². The summed E-state index contributed by atoms with van der Waals surface area (Å²) in [5.74, 6) is -1.05. The number of nitrogens with one attached hydrogen (secondary N) is 1. The number of aliphatic carboxylic acids is 1. The third-order valence-corrected chi connectivity index (χ3v) is 5.41. The van der Waals surface area contributed by atoms with Gasteiger partial charge in [0, 0.05) is 6.04 Å². The number of hydrogen-bond acceptors (Lipinski definition) is 2. The van der Waals surface area contributed by atoms with Crippen molar-refractivity contribution >= 4 is 11.9 Å². The molecule has 0 aromatic carbocycles. The molecular formula is C17H29NO3. The first-order valence-electron chi connectivity index (χ1n) is 8.66. The lowest BCUT2D eigenvalue weighted by atomic mass is 9.78. The molecule has 0 heterocycles. The van der Waals surface area contributed by atoms with Crippen LogP contribution in [0, 0.1) is 17.8 Å². The van der Waals surface area contributed by atoms with Crippen molar-refractivity contribution in [2.24, 2.45) is 17.8 Å². The van der Waals surface area contributed by atoms with E-state index in [9.17, 15) is 14.7 Å². The summed E-state index contributed by atoms with van der Waals surface area (Å²) in [5.41, 5.74) is 0. The second-order valence-corrected chi connectivity index (χ2v) is 6.76. The Hall–Kier alpha value is -1.06. The third kappa shape index (κ3) is 4.21. The fourth-order valence-electron chi connectivity index (χ4n) is 4.12. The van der Waals surface area contributed by atoms with Crippen molar-refractivity contribution in [3.8, 4) is 0 Å². The minimum atomic E-state index is -0.805. The Morgan fingerprint density at radius 1 is 1.00 bits per heavy atom. The molecule has 0 aliphatic heterocycles. The predicted octanol–water partition coefficient (Wildman–Crippen LogP) is 3.35. The summed E-state index contributed by atoms with van der Waals surface area (Å²) < 4.78 is 0. The van der Waals surface area contributed by atoms with Gasteiger partial charge in [0.25, 0.3) is 0 Å². The van der Waals surface area contributed by atoms with Gasteiger partial charge in [-0.1, -0.05) is 39.0 Å². The number of carbonyl (C=O) groups excluding carboxylic acids is 1. The molecule has 2 aliphatic rings. The van der Waals surface area contributed by atoms with Crippen LogP contribution in [0.2, 0.25) is 0 Å². The van der Waals surface area contributed by atoms with Crippen LogP contribution >= 0.6 is 0 Å². The zero-order chi connectivity index (χ0) is 15.2. The number of carbonyl (C=O) groups is 2. The van der Waals surface area contributed by atoms with Crippen LogP contribution in [0.15, 0.2) is 0 Å². The SMILES string of the molecule is CCC(NC(=O)C1CCCCC1C(=O)O)C1CCCCC1. The van der Waals surface area contributed by atoms with Crippen molar-refractivity contribution in [2.75, 3.05) is 0 Å². The molecule has 3 unspecified atom stereocenters. The Morgan fingerprint density at radius 3 is 2.14 bits per heavy atom. The number of amides is 1. The molecule has 0 aromatic heterocycles. The Bertz CT molecular complexity index is 363. The normalized spacial score (nSPS) is 28.8. The van der Waals surface area contributed by atoms with Gasteiger partial charge in [-0.2, -0.15) is 0 Å². The lowest BCUT2D eigenvalue weighted by Crippen LogP contribution is -2.46. The second kappa shape index (κ2) is 7.81. The fourth-order valence-corrected chi connectivity index (χ4v) is 4.12. The van der Waals surface area contributed by atoms with Crippen LogP contribution in [0.3, 0.4) is 0 Å². The van der Waals surface area contributed by atoms with Crippen LogP contribution < -0.4 is 5.32 Å². The van der Waals surface area contributed by atoms with E-state index in [4.69, 9.17) is 0 Å². The third-order valence-electron chi connectivity index (χ3n) is 5.41. The zero-order valence-electron chi connectivity index (χ0n) is 13.1. The molecule has 3 atom stereocenters. The summed E-state index contributed by atoms with van der Waals surface area (Å²) in [6, 6.07) is 0.231. The largest absolute Gasteiger partial charge is 0.481 e. The van der Waals surface area contributed by atoms with Gasteiger partial charge in [0.05, 0.1) is 11.8 Å². The highest BCUT2D eigenvalue weighted by Crippen LogP contribution is 2.32. The van der Waals surface area contributed by atoms with E-state index in [1.54, 1.807) is 0 Å². The van der Waals surface area contributed by atoms with E-state index in [1.165, 1.54) is 32.1 Å². The average molecular weight is 295 g/mol. The maximum atomic E-state index is 12.6. The molecule has 2 N–H and O–H groups in total. The summed E-state index contributed by atoms with van der Waals surface area (Å²) in [7, 11) is 0. The van der Waals surface area contributed by atoms with Crippen LogP contribution in [0.1, 0.15) is 71.1 Å². The van der Waals surface area contributed by atoms with Crippen LogP contribution in [0.25, 0.3) is 0 Å². The first-order chi connectivity index (χ1) is 10.1. The van der Waals surface area contributed by atoms with Gasteiger partial charge < -0.3 is 10.4 Å². The number of rotatable bonds is 5. The number of hydrogen-bond donors (Lipinski definition) is 2. The molecule has 0 radical (unpaired) electrons. The Morgan fingerprint density at radius 2 is 1.57 bits per heavy atom. The van der Waals surface area contributed by atoms with Crippen molar-refractivity contribution in [3.63, 3.8) is 0 Å². The maximum Gasteiger partial charge on any atom is 0.307 e. The van der Waals surface area contributed by atoms with Gasteiger partial charge in [-0.05, 0) is 38.0 Å². The smallest absolute Gasteiger partial charge is 0.307 e. The minimum Gasteiger partial charge on any atom is -0.481 e. The van der Waals surface area contributed by atoms with Crippen molar-refractivity contribution in [3.05, 3.63) is 0 Å². The monoisotopic (exact) mass is 295 g/mol. The van der Waals surface area contributed by atoms with Gasteiger partial charge >= 0.3 is 5.97 Å². The molecule has 120 valence electrons. The van der Waals surface area contributed by atoms with Gasteiger partial charge in [0.15, 0.2) is 0 Å². The minimum absolute atomic E-state index is 0.0143. The summed E-state index contributed by atoms with van der Waals surface area (Å²) >= 11 is 0. The molecule has 0 bridgehead atoms. The van der Waals surface area contributed by atoms with Gasteiger partial charge in [-0.25, -0.2) is 0 Å². The highest BCUT2D eigenvalue weighted by molar-refractivity contribution is 5.85. The highest BCUT2D eigenvalue weighted by Gasteiger charge is 2.37. The van der Waals surface area contributed by atoms with Crippen LogP contribution in [-0.4, -0.2) is 23.0 Å². The molecule has 1 amide bonds. The molecule has 4 nitrogen and oxygen atoms in total. The molecule has 0 spiro atoms. The van der Waals surface area contributed by atoms with Gasteiger partial charge in [-0.3, -0.25) is 9.59 Å². The fraction of sp³-hybridized carbons (Fsp3) is 0.882. The quantitative estimate of drug-likeness (QED) is 0.817. The second-order valence-electron chi connectivity index (χ2n) is 6.76. The molecule has 0 saturated heterocycles. The van der Waals surface area contributed by atoms with Crippen LogP contribution in [-0.2, 0) is 9.59 Å². The molecular weight excluding hydrogens is 266 g/mol. The predicted molar refractivity (Wildman–Crippen MR) is 81.9 cm³/mol. The van der Waals surface area contributed by atoms with E-state index < -0.39 is 11.9 Å².